The Balaban J connectivity index is 1.70. The van der Waals surface area contributed by atoms with Gasteiger partial charge < -0.3 is 19.8 Å². The van der Waals surface area contributed by atoms with E-state index >= 15 is 0 Å². The Morgan fingerprint density at radius 1 is 1.18 bits per heavy atom. The van der Waals surface area contributed by atoms with Gasteiger partial charge >= 0.3 is 7.12 Å². The lowest BCUT2D eigenvalue weighted by atomic mass is 9.81. The van der Waals surface area contributed by atoms with Crippen molar-refractivity contribution in [3.63, 3.8) is 0 Å². The van der Waals surface area contributed by atoms with E-state index in [1.54, 1.807) is 12.1 Å². The van der Waals surface area contributed by atoms with Gasteiger partial charge in [0.1, 0.15) is 17.2 Å². The number of anilines is 1. The number of fused-ring (bicyclic) bond motifs is 1. The summed E-state index contributed by atoms with van der Waals surface area (Å²) in [4.78, 5) is 17.2. The van der Waals surface area contributed by atoms with Crippen LogP contribution in [0.2, 0.25) is 0 Å². The molecule has 2 heterocycles. The summed E-state index contributed by atoms with van der Waals surface area (Å²) >= 11 is 0. The summed E-state index contributed by atoms with van der Waals surface area (Å²) in [6.07, 6.45) is 4.18. The van der Waals surface area contributed by atoms with Crippen molar-refractivity contribution in [3.05, 3.63) is 77.4 Å². The Morgan fingerprint density at radius 3 is 2.50 bits per heavy atom. The number of pyridine rings is 1. The largest absolute Gasteiger partial charge is 0.488 e. The van der Waals surface area contributed by atoms with Gasteiger partial charge in [0.2, 0.25) is 10.0 Å². The number of aromatic nitrogens is 1. The van der Waals surface area contributed by atoms with Crippen molar-refractivity contribution in [1.29, 1.82) is 0 Å². The molecule has 0 atom stereocenters. The summed E-state index contributed by atoms with van der Waals surface area (Å²) in [7, 11) is -4.04. The molecular formula is C26H25BFN3O6S. The SMILES string of the molecule is CNC(=O)c1c(-c2ccc(F)cc2)oc2cc(N(Cc3cc(B(O)O)ccn3)S(C)(=O)=O)c(C3CC3)cc12. The Hall–Kier alpha value is -3.74. The molecule has 0 spiro atoms. The van der Waals surface area contributed by atoms with Crippen LogP contribution in [0.25, 0.3) is 22.3 Å². The lowest BCUT2D eigenvalue weighted by molar-refractivity contribution is 0.0964. The van der Waals surface area contributed by atoms with Gasteiger partial charge in [-0.2, -0.15) is 0 Å². The highest BCUT2D eigenvalue weighted by Crippen LogP contribution is 2.48. The molecule has 0 aliphatic heterocycles. The van der Waals surface area contributed by atoms with E-state index in [-0.39, 0.29) is 35.2 Å². The minimum absolute atomic E-state index is 0.0962. The van der Waals surface area contributed by atoms with Crippen molar-refractivity contribution in [2.45, 2.75) is 25.3 Å². The maximum absolute atomic E-state index is 13.6. The number of benzene rings is 2. The van der Waals surface area contributed by atoms with Gasteiger partial charge in [-0.3, -0.25) is 14.1 Å². The molecule has 2 aromatic heterocycles. The number of sulfonamides is 1. The average Bonchev–Trinajstić information content (AvgIpc) is 3.66. The zero-order chi connectivity index (χ0) is 27.2. The third kappa shape index (κ3) is 5.02. The van der Waals surface area contributed by atoms with Crippen molar-refractivity contribution in [1.82, 2.24) is 10.3 Å². The molecule has 0 unspecified atom stereocenters. The van der Waals surface area contributed by atoms with Gasteiger partial charge in [-0.05, 0) is 72.3 Å². The number of nitrogens with zero attached hydrogens (tertiary/aromatic N) is 2. The first kappa shape index (κ1) is 25.9. The van der Waals surface area contributed by atoms with Crippen LogP contribution in [-0.4, -0.2) is 49.8 Å². The summed E-state index contributed by atoms with van der Waals surface area (Å²) < 4.78 is 47.0. The highest BCUT2D eigenvalue weighted by Gasteiger charge is 2.33. The van der Waals surface area contributed by atoms with Gasteiger partial charge in [-0.15, -0.1) is 0 Å². The minimum atomic E-state index is -3.82. The molecule has 196 valence electrons. The monoisotopic (exact) mass is 537 g/mol. The number of nitrogens with one attached hydrogen (secondary N) is 1. The minimum Gasteiger partial charge on any atom is -0.455 e. The molecule has 4 aromatic rings. The molecule has 1 fully saturated rings. The molecule has 1 aliphatic rings. The van der Waals surface area contributed by atoms with Gasteiger partial charge in [0.15, 0.2) is 0 Å². The fourth-order valence-electron chi connectivity index (χ4n) is 4.51. The van der Waals surface area contributed by atoms with E-state index in [9.17, 15) is 27.7 Å². The van der Waals surface area contributed by atoms with Gasteiger partial charge in [0.05, 0.1) is 29.7 Å². The zero-order valence-electron chi connectivity index (χ0n) is 20.7. The average molecular weight is 537 g/mol. The second kappa shape index (κ2) is 9.86. The van der Waals surface area contributed by atoms with Crippen molar-refractivity contribution >= 4 is 45.2 Å². The first-order valence-corrected chi connectivity index (χ1v) is 13.8. The number of carbonyl (C=O) groups excluding carboxylic acids is 1. The third-order valence-electron chi connectivity index (χ3n) is 6.53. The predicted molar refractivity (Wildman–Crippen MR) is 142 cm³/mol. The first-order chi connectivity index (χ1) is 18.1. The molecule has 1 amide bonds. The molecule has 2 aromatic carbocycles. The van der Waals surface area contributed by atoms with Crippen LogP contribution >= 0.6 is 0 Å². The number of rotatable bonds is 8. The number of amides is 1. The smallest absolute Gasteiger partial charge is 0.455 e. The maximum Gasteiger partial charge on any atom is 0.488 e. The Labute approximate surface area is 219 Å². The highest BCUT2D eigenvalue weighted by atomic mass is 32.2. The lowest BCUT2D eigenvalue weighted by Crippen LogP contribution is -2.33. The Kier molecular flexibility index (Phi) is 6.72. The molecule has 0 saturated heterocycles. The lowest BCUT2D eigenvalue weighted by Gasteiger charge is -2.25. The number of hydrogen-bond acceptors (Lipinski definition) is 7. The molecule has 1 aliphatic carbocycles. The molecule has 0 bridgehead atoms. The Bertz CT molecular complexity index is 1630. The van der Waals surface area contributed by atoms with Crippen molar-refractivity contribution in [2.75, 3.05) is 17.6 Å². The fourth-order valence-corrected chi connectivity index (χ4v) is 5.40. The molecule has 3 N–H and O–H groups in total. The van der Waals surface area contributed by atoms with E-state index in [1.807, 2.05) is 0 Å². The zero-order valence-corrected chi connectivity index (χ0v) is 21.5. The third-order valence-corrected chi connectivity index (χ3v) is 7.65. The first-order valence-electron chi connectivity index (χ1n) is 11.9. The number of halogens is 1. The molecule has 1 saturated carbocycles. The van der Waals surface area contributed by atoms with Gasteiger partial charge in [-0.1, -0.05) is 0 Å². The normalized spacial score (nSPS) is 13.5. The van der Waals surface area contributed by atoms with Crippen LogP contribution in [-0.2, 0) is 16.6 Å². The molecule has 9 nitrogen and oxygen atoms in total. The van der Waals surface area contributed by atoms with Gasteiger partial charge in [-0.25, -0.2) is 12.8 Å². The standard InChI is InChI=1S/C26H25BFN3O6S/c1-29-26(32)24-21-12-20(15-3-4-15)22(13-23(21)37-25(24)16-5-7-18(28)8-6-16)31(38(2,35)36)14-19-11-17(27(33)34)9-10-30-19/h5-13,15,33-34H,3-4,14H2,1-2H3,(H,29,32). The van der Waals surface area contributed by atoms with E-state index in [4.69, 9.17) is 4.42 Å². The van der Waals surface area contributed by atoms with Crippen LogP contribution < -0.4 is 15.1 Å². The number of furan rings is 1. The summed E-state index contributed by atoms with van der Waals surface area (Å²) in [5.74, 6) is -0.477. The molecule has 12 heteroatoms. The van der Waals surface area contributed by atoms with Gasteiger partial charge in [0, 0.05) is 30.3 Å². The van der Waals surface area contributed by atoms with Gasteiger partial charge in [0.25, 0.3) is 5.91 Å². The van der Waals surface area contributed by atoms with E-state index in [0.717, 1.165) is 24.7 Å². The van der Waals surface area contributed by atoms with E-state index in [0.29, 0.717) is 27.9 Å². The van der Waals surface area contributed by atoms with E-state index in [1.165, 1.54) is 53.9 Å². The molecule has 0 radical (unpaired) electrons. The second-order valence-corrected chi connectivity index (χ2v) is 11.2. The van der Waals surface area contributed by atoms with E-state index < -0.39 is 23.0 Å². The number of hydrogen-bond donors (Lipinski definition) is 3. The maximum atomic E-state index is 13.6. The summed E-state index contributed by atoms with van der Waals surface area (Å²) in [5, 5.41) is 22.2. The van der Waals surface area contributed by atoms with Crippen molar-refractivity contribution in [3.8, 4) is 11.3 Å². The highest BCUT2D eigenvalue weighted by molar-refractivity contribution is 7.92. The molecule has 38 heavy (non-hydrogen) atoms. The quantitative estimate of drug-likeness (QED) is 0.294. The van der Waals surface area contributed by atoms with Crippen LogP contribution in [0.3, 0.4) is 0 Å². The molecular weight excluding hydrogens is 512 g/mol. The van der Waals surface area contributed by atoms with Crippen LogP contribution in [0.4, 0.5) is 10.1 Å². The second-order valence-electron chi connectivity index (χ2n) is 9.30. The van der Waals surface area contributed by atoms with Crippen LogP contribution in [0.1, 0.15) is 40.4 Å². The van der Waals surface area contributed by atoms with Crippen LogP contribution in [0, 0.1) is 5.82 Å². The van der Waals surface area contributed by atoms with Crippen LogP contribution in [0.5, 0.6) is 0 Å². The fraction of sp³-hybridized carbons (Fsp3) is 0.231. The number of carbonyl (C=O) groups is 1. The van der Waals surface area contributed by atoms with Crippen molar-refractivity contribution in [2.24, 2.45) is 0 Å². The topological polar surface area (TPSA) is 133 Å². The summed E-state index contributed by atoms with van der Waals surface area (Å²) in [6, 6.07) is 11.8. The molecule has 5 rings (SSSR count). The summed E-state index contributed by atoms with van der Waals surface area (Å²) in [5.41, 5.74) is 2.72. The van der Waals surface area contributed by atoms with E-state index in [2.05, 4.69) is 10.3 Å². The van der Waals surface area contributed by atoms with Crippen molar-refractivity contribution < 1.29 is 32.1 Å². The predicted octanol–water partition coefficient (Wildman–Crippen LogP) is 2.52. The summed E-state index contributed by atoms with van der Waals surface area (Å²) in [6.45, 7) is -0.154. The van der Waals surface area contributed by atoms with Crippen LogP contribution in [0.15, 0.2) is 59.1 Å². The Morgan fingerprint density at radius 2 is 1.89 bits per heavy atom.